The summed E-state index contributed by atoms with van der Waals surface area (Å²) in [6, 6.07) is 8.69. The number of fused-ring (bicyclic) bond motifs is 1. The Morgan fingerprint density at radius 1 is 1.19 bits per heavy atom. The Morgan fingerprint density at radius 2 is 1.90 bits per heavy atom. The third-order valence-corrected chi connectivity index (χ3v) is 3.44. The summed E-state index contributed by atoms with van der Waals surface area (Å²) in [4.78, 5) is 23.9. The molecule has 0 radical (unpaired) electrons. The Morgan fingerprint density at radius 3 is 2.62 bits per heavy atom. The zero-order valence-electron chi connectivity index (χ0n) is 11.8. The first kappa shape index (κ1) is 14.0. The number of esters is 1. The quantitative estimate of drug-likeness (QED) is 0.777. The first-order valence-corrected chi connectivity index (χ1v) is 6.80. The molecule has 0 bridgehead atoms. The second kappa shape index (κ2) is 5.09. The van der Waals surface area contributed by atoms with E-state index in [1.54, 1.807) is 44.2 Å². The summed E-state index contributed by atoms with van der Waals surface area (Å²) in [5.41, 5.74) is 0.456. The molecular formula is C16H16O5. The average Bonchev–Trinajstić information content (AvgIpc) is 2.79. The maximum absolute atomic E-state index is 12.1. The topological polar surface area (TPSA) is 61.8 Å². The van der Waals surface area contributed by atoms with E-state index in [1.165, 1.54) is 6.08 Å². The lowest BCUT2D eigenvalue weighted by Gasteiger charge is -2.26. The highest BCUT2D eigenvalue weighted by molar-refractivity contribution is 5.96. The normalized spacial score (nSPS) is 30.0. The number of carbonyl (C=O) groups is 2. The van der Waals surface area contributed by atoms with Crippen LogP contribution >= 0.6 is 0 Å². The molecular weight excluding hydrogens is 272 g/mol. The lowest BCUT2D eigenvalue weighted by atomic mass is 9.97. The predicted molar refractivity (Wildman–Crippen MR) is 73.6 cm³/mol. The van der Waals surface area contributed by atoms with Crippen molar-refractivity contribution in [3.63, 3.8) is 0 Å². The number of ketones is 1. The Kier molecular flexibility index (Phi) is 3.39. The molecule has 0 spiro atoms. The third-order valence-electron chi connectivity index (χ3n) is 3.44. The molecule has 1 fully saturated rings. The van der Waals surface area contributed by atoms with E-state index >= 15 is 0 Å². The molecule has 5 nitrogen and oxygen atoms in total. The zero-order valence-corrected chi connectivity index (χ0v) is 11.8. The van der Waals surface area contributed by atoms with Crippen molar-refractivity contribution >= 4 is 11.8 Å². The minimum absolute atomic E-state index is 0.169. The van der Waals surface area contributed by atoms with Gasteiger partial charge in [0.25, 0.3) is 0 Å². The first-order valence-electron chi connectivity index (χ1n) is 6.80. The Bertz CT molecular complexity index is 590. The number of benzene rings is 1. The van der Waals surface area contributed by atoms with Crippen molar-refractivity contribution in [2.45, 2.75) is 37.9 Å². The standard InChI is InChI=1S/C16H16O5/c1-16(2)20-13-11(17)8-9-12(14(13)21-16)19-15(18)10-6-4-3-5-7-10/h3-9,12-14H,1-2H3/t12-,13+,14-/m1/s1. The Labute approximate surface area is 122 Å². The smallest absolute Gasteiger partial charge is 0.338 e. The number of carbonyl (C=O) groups excluding carboxylic acids is 2. The van der Waals surface area contributed by atoms with Crippen LogP contribution in [0.15, 0.2) is 42.5 Å². The fourth-order valence-corrected chi connectivity index (χ4v) is 2.52. The second-order valence-corrected chi connectivity index (χ2v) is 5.52. The maximum Gasteiger partial charge on any atom is 0.338 e. The van der Waals surface area contributed by atoms with Crippen molar-refractivity contribution in [3.8, 4) is 0 Å². The highest BCUT2D eigenvalue weighted by atomic mass is 16.8. The van der Waals surface area contributed by atoms with Crippen LogP contribution < -0.4 is 0 Å². The van der Waals surface area contributed by atoms with Crippen molar-refractivity contribution in [3.05, 3.63) is 48.0 Å². The fourth-order valence-electron chi connectivity index (χ4n) is 2.52. The first-order chi connectivity index (χ1) is 9.96. The van der Waals surface area contributed by atoms with Crippen LogP contribution in [-0.2, 0) is 19.0 Å². The lowest BCUT2D eigenvalue weighted by molar-refractivity contribution is -0.155. The highest BCUT2D eigenvalue weighted by Crippen LogP contribution is 2.34. The van der Waals surface area contributed by atoms with Gasteiger partial charge in [-0.15, -0.1) is 0 Å². The summed E-state index contributed by atoms with van der Waals surface area (Å²) in [7, 11) is 0. The van der Waals surface area contributed by atoms with Crippen molar-refractivity contribution in [2.75, 3.05) is 0 Å². The summed E-state index contributed by atoms with van der Waals surface area (Å²) in [6.45, 7) is 3.46. The Hall–Kier alpha value is -1.98. The van der Waals surface area contributed by atoms with Crippen LogP contribution in [0, 0.1) is 0 Å². The van der Waals surface area contributed by atoms with Crippen LogP contribution in [0.2, 0.25) is 0 Å². The monoisotopic (exact) mass is 288 g/mol. The van der Waals surface area contributed by atoms with Crippen LogP contribution in [0.3, 0.4) is 0 Å². The second-order valence-electron chi connectivity index (χ2n) is 5.52. The number of hydrogen-bond acceptors (Lipinski definition) is 5. The summed E-state index contributed by atoms with van der Waals surface area (Å²) in [6.07, 6.45) is 0.968. The molecule has 0 unspecified atom stereocenters. The van der Waals surface area contributed by atoms with Crippen molar-refractivity contribution in [1.82, 2.24) is 0 Å². The van der Waals surface area contributed by atoms with Gasteiger partial charge in [0.2, 0.25) is 0 Å². The molecule has 110 valence electrons. The molecule has 1 heterocycles. The molecule has 1 aliphatic carbocycles. The molecule has 21 heavy (non-hydrogen) atoms. The Balaban J connectivity index is 1.78. The number of ether oxygens (including phenoxy) is 3. The van der Waals surface area contributed by atoms with Gasteiger partial charge in [0, 0.05) is 0 Å². The molecule has 0 amide bonds. The van der Waals surface area contributed by atoms with Gasteiger partial charge < -0.3 is 14.2 Å². The highest BCUT2D eigenvalue weighted by Gasteiger charge is 2.50. The van der Waals surface area contributed by atoms with E-state index in [9.17, 15) is 9.59 Å². The van der Waals surface area contributed by atoms with E-state index in [-0.39, 0.29) is 5.78 Å². The molecule has 1 aliphatic heterocycles. The van der Waals surface area contributed by atoms with E-state index in [4.69, 9.17) is 14.2 Å². The van der Waals surface area contributed by atoms with Crippen LogP contribution in [-0.4, -0.2) is 35.9 Å². The van der Waals surface area contributed by atoms with Gasteiger partial charge in [-0.05, 0) is 38.1 Å². The van der Waals surface area contributed by atoms with E-state index in [2.05, 4.69) is 0 Å². The average molecular weight is 288 g/mol. The van der Waals surface area contributed by atoms with Crippen LogP contribution in [0.5, 0.6) is 0 Å². The molecule has 5 heteroatoms. The molecule has 1 aromatic carbocycles. The largest absolute Gasteiger partial charge is 0.452 e. The van der Waals surface area contributed by atoms with Crippen LogP contribution in [0.4, 0.5) is 0 Å². The molecule has 1 saturated heterocycles. The van der Waals surface area contributed by atoms with Crippen LogP contribution in [0.25, 0.3) is 0 Å². The molecule has 3 atom stereocenters. The van der Waals surface area contributed by atoms with Crippen LogP contribution in [0.1, 0.15) is 24.2 Å². The van der Waals surface area contributed by atoms with Gasteiger partial charge in [0.15, 0.2) is 17.7 Å². The van der Waals surface area contributed by atoms with Crippen molar-refractivity contribution < 1.29 is 23.8 Å². The number of rotatable bonds is 2. The van der Waals surface area contributed by atoms with Gasteiger partial charge in [-0.2, -0.15) is 0 Å². The van der Waals surface area contributed by atoms with E-state index in [0.717, 1.165) is 0 Å². The maximum atomic E-state index is 12.1. The van der Waals surface area contributed by atoms with Gasteiger partial charge in [0.1, 0.15) is 12.2 Å². The molecule has 2 aliphatic rings. The summed E-state index contributed by atoms with van der Waals surface area (Å²) < 4.78 is 16.7. The zero-order chi connectivity index (χ0) is 15.0. The minimum atomic E-state index is -0.867. The van der Waals surface area contributed by atoms with Crippen molar-refractivity contribution in [2.24, 2.45) is 0 Å². The summed E-state index contributed by atoms with van der Waals surface area (Å²) in [5.74, 6) is -1.49. The molecule has 3 rings (SSSR count). The van der Waals surface area contributed by atoms with Crippen molar-refractivity contribution in [1.29, 1.82) is 0 Å². The predicted octanol–water partition coefficient (Wildman–Crippen LogP) is 1.87. The number of hydrogen-bond donors (Lipinski definition) is 0. The van der Waals surface area contributed by atoms with Gasteiger partial charge in [-0.1, -0.05) is 18.2 Å². The van der Waals surface area contributed by atoms with Gasteiger partial charge in [-0.25, -0.2) is 4.79 Å². The van der Waals surface area contributed by atoms with E-state index in [1.807, 2.05) is 6.07 Å². The molecule has 1 aromatic rings. The van der Waals surface area contributed by atoms with E-state index in [0.29, 0.717) is 5.56 Å². The summed E-state index contributed by atoms with van der Waals surface area (Å²) >= 11 is 0. The molecule has 0 aromatic heterocycles. The van der Waals surface area contributed by atoms with Gasteiger partial charge in [0.05, 0.1) is 5.56 Å². The SMILES string of the molecule is CC1(C)O[C@@H]2[C@H](OC(=O)c3ccccc3)C=CC(=O)[C@@H]2O1. The molecule has 0 saturated carbocycles. The fraction of sp³-hybridized carbons (Fsp3) is 0.375. The van der Waals surface area contributed by atoms with E-state index < -0.39 is 30.1 Å². The van der Waals surface area contributed by atoms with Gasteiger partial charge in [-0.3, -0.25) is 4.79 Å². The van der Waals surface area contributed by atoms with Gasteiger partial charge >= 0.3 is 5.97 Å². The summed E-state index contributed by atoms with van der Waals surface area (Å²) in [5, 5.41) is 0. The lowest BCUT2D eigenvalue weighted by Crippen LogP contribution is -2.44. The molecule has 0 N–H and O–H groups in total. The third kappa shape index (κ3) is 2.75. The minimum Gasteiger partial charge on any atom is -0.452 e.